The molecule has 110 valence electrons. The zero-order chi connectivity index (χ0) is 15.7. The average Bonchev–Trinajstić information content (AvgIpc) is 2.92. The summed E-state index contributed by atoms with van der Waals surface area (Å²) in [5.41, 5.74) is 9.57. The number of thiazole rings is 1. The lowest BCUT2D eigenvalue weighted by Crippen LogP contribution is -1.96. The highest BCUT2D eigenvalue weighted by Crippen LogP contribution is 2.34. The van der Waals surface area contributed by atoms with Gasteiger partial charge in [-0.25, -0.2) is 9.78 Å². The number of carboxylic acids is 1. The van der Waals surface area contributed by atoms with E-state index in [4.69, 9.17) is 5.73 Å². The van der Waals surface area contributed by atoms with Gasteiger partial charge in [-0.15, -0.1) is 11.3 Å². The topological polar surface area (TPSA) is 76.2 Å². The van der Waals surface area contributed by atoms with E-state index in [0.29, 0.717) is 22.0 Å². The van der Waals surface area contributed by atoms with Gasteiger partial charge in [0.2, 0.25) is 0 Å². The number of nitrogens with two attached hydrogens (primary N) is 1. The van der Waals surface area contributed by atoms with Crippen LogP contribution in [0.2, 0.25) is 0 Å². The van der Waals surface area contributed by atoms with Gasteiger partial charge in [0.05, 0.1) is 5.69 Å². The highest BCUT2D eigenvalue weighted by molar-refractivity contribution is 7.17. The van der Waals surface area contributed by atoms with Crippen molar-refractivity contribution in [3.05, 3.63) is 59.0 Å². The molecule has 0 fully saturated rings. The summed E-state index contributed by atoms with van der Waals surface area (Å²) in [4.78, 5) is 16.3. The molecule has 0 aliphatic rings. The Kier molecular flexibility index (Phi) is 3.65. The summed E-state index contributed by atoms with van der Waals surface area (Å²) in [6.07, 6.45) is 0. The van der Waals surface area contributed by atoms with E-state index in [9.17, 15) is 9.90 Å². The summed E-state index contributed by atoms with van der Waals surface area (Å²) in [7, 11) is 0. The highest BCUT2D eigenvalue weighted by Gasteiger charge is 2.19. The molecule has 0 atom stereocenters. The van der Waals surface area contributed by atoms with Crippen LogP contribution in [0.1, 0.15) is 15.2 Å². The summed E-state index contributed by atoms with van der Waals surface area (Å²) in [5, 5.41) is 10.1. The number of hydrogen-bond acceptors (Lipinski definition) is 4. The molecule has 1 heterocycles. The molecule has 2 aromatic carbocycles. The second-order valence-electron chi connectivity index (χ2n) is 5.00. The van der Waals surface area contributed by atoms with E-state index in [1.54, 1.807) is 18.2 Å². The molecule has 0 saturated heterocycles. The van der Waals surface area contributed by atoms with Crippen molar-refractivity contribution in [2.24, 2.45) is 0 Å². The maximum atomic E-state index is 11.5. The van der Waals surface area contributed by atoms with Crippen molar-refractivity contribution in [2.45, 2.75) is 6.92 Å². The number of benzene rings is 2. The van der Waals surface area contributed by atoms with E-state index < -0.39 is 5.97 Å². The largest absolute Gasteiger partial charge is 0.477 e. The quantitative estimate of drug-likeness (QED) is 0.715. The fourth-order valence-corrected chi connectivity index (χ4v) is 3.17. The molecule has 0 unspecified atom stereocenters. The second kappa shape index (κ2) is 5.61. The minimum absolute atomic E-state index is 0.224. The standard InChI is InChI=1S/C17H14N2O2S/c1-10-4-2-6-12(8-10)16-19-14(15(22-16)17(20)21)11-5-3-7-13(18)9-11/h2-9H,18H2,1H3,(H,20,21). The third kappa shape index (κ3) is 2.71. The van der Waals surface area contributed by atoms with Crippen LogP contribution in [0, 0.1) is 6.92 Å². The first kappa shape index (κ1) is 14.3. The van der Waals surface area contributed by atoms with Gasteiger partial charge in [0.15, 0.2) is 0 Å². The number of aromatic nitrogens is 1. The average molecular weight is 310 g/mol. The fourth-order valence-electron chi connectivity index (χ4n) is 2.25. The number of aryl methyl sites for hydroxylation is 1. The molecule has 22 heavy (non-hydrogen) atoms. The van der Waals surface area contributed by atoms with Crippen LogP contribution in [0.25, 0.3) is 21.8 Å². The first-order valence-electron chi connectivity index (χ1n) is 6.71. The molecule has 3 N–H and O–H groups in total. The van der Waals surface area contributed by atoms with Crippen molar-refractivity contribution >= 4 is 23.0 Å². The smallest absolute Gasteiger partial charge is 0.348 e. The summed E-state index contributed by atoms with van der Waals surface area (Å²) in [6, 6.07) is 15.0. The monoisotopic (exact) mass is 310 g/mol. The minimum atomic E-state index is -0.978. The SMILES string of the molecule is Cc1cccc(-c2nc(-c3cccc(N)c3)c(C(=O)O)s2)c1. The fraction of sp³-hybridized carbons (Fsp3) is 0.0588. The Bertz CT molecular complexity index is 855. The number of nitrogen functional groups attached to an aromatic ring is 1. The Labute approximate surface area is 131 Å². The molecule has 0 saturated carbocycles. The molecule has 3 rings (SSSR count). The summed E-state index contributed by atoms with van der Waals surface area (Å²) >= 11 is 1.18. The van der Waals surface area contributed by atoms with Crippen molar-refractivity contribution < 1.29 is 9.90 Å². The third-order valence-corrected chi connectivity index (χ3v) is 4.34. The molecule has 0 bridgehead atoms. The molecule has 4 nitrogen and oxygen atoms in total. The van der Waals surface area contributed by atoms with Gasteiger partial charge in [-0.05, 0) is 25.1 Å². The van der Waals surface area contributed by atoms with E-state index in [-0.39, 0.29) is 4.88 Å². The predicted octanol–water partition coefficient (Wildman–Crippen LogP) is 4.07. The Hall–Kier alpha value is -2.66. The van der Waals surface area contributed by atoms with Crippen LogP contribution in [0.5, 0.6) is 0 Å². The molecule has 0 amide bonds. The Balaban J connectivity index is 2.16. The molecular weight excluding hydrogens is 296 g/mol. The van der Waals surface area contributed by atoms with Gasteiger partial charge in [-0.3, -0.25) is 0 Å². The van der Waals surface area contributed by atoms with Gasteiger partial charge in [0, 0.05) is 16.8 Å². The first-order chi connectivity index (χ1) is 10.5. The number of aromatic carboxylic acids is 1. The summed E-state index contributed by atoms with van der Waals surface area (Å²) in [6.45, 7) is 1.99. The van der Waals surface area contributed by atoms with E-state index in [2.05, 4.69) is 4.98 Å². The summed E-state index contributed by atoms with van der Waals surface area (Å²) in [5.74, 6) is -0.978. The van der Waals surface area contributed by atoms with E-state index in [1.807, 2.05) is 37.3 Å². The lowest BCUT2D eigenvalue weighted by atomic mass is 10.1. The number of nitrogens with zero attached hydrogens (tertiary/aromatic N) is 1. The molecule has 3 aromatic rings. The zero-order valence-corrected chi connectivity index (χ0v) is 12.7. The minimum Gasteiger partial charge on any atom is -0.477 e. The van der Waals surface area contributed by atoms with E-state index >= 15 is 0 Å². The molecule has 0 spiro atoms. The molecule has 0 radical (unpaired) electrons. The number of anilines is 1. The van der Waals surface area contributed by atoms with Gasteiger partial charge in [-0.1, -0.05) is 35.9 Å². The van der Waals surface area contributed by atoms with Gasteiger partial charge < -0.3 is 10.8 Å². The third-order valence-electron chi connectivity index (χ3n) is 3.25. The van der Waals surface area contributed by atoms with Crippen LogP contribution in [0.4, 0.5) is 5.69 Å². The zero-order valence-electron chi connectivity index (χ0n) is 11.9. The van der Waals surface area contributed by atoms with Crippen LogP contribution in [0.3, 0.4) is 0 Å². The Morgan fingerprint density at radius 2 is 1.86 bits per heavy atom. The lowest BCUT2D eigenvalue weighted by Gasteiger charge is -2.00. The Morgan fingerprint density at radius 1 is 1.14 bits per heavy atom. The number of carbonyl (C=O) groups is 1. The van der Waals surface area contributed by atoms with Gasteiger partial charge in [0.25, 0.3) is 0 Å². The molecule has 0 aliphatic heterocycles. The number of carboxylic acid groups (broad SMARTS) is 1. The maximum Gasteiger partial charge on any atom is 0.348 e. The van der Waals surface area contributed by atoms with Crippen molar-refractivity contribution in [3.63, 3.8) is 0 Å². The molecule has 0 aliphatic carbocycles. The predicted molar refractivity (Wildman–Crippen MR) is 89.1 cm³/mol. The number of rotatable bonds is 3. The van der Waals surface area contributed by atoms with Gasteiger partial charge in [-0.2, -0.15) is 0 Å². The highest BCUT2D eigenvalue weighted by atomic mass is 32.1. The molecule has 1 aromatic heterocycles. The van der Waals surface area contributed by atoms with Gasteiger partial charge in [0.1, 0.15) is 9.88 Å². The van der Waals surface area contributed by atoms with Crippen LogP contribution in [-0.4, -0.2) is 16.1 Å². The van der Waals surface area contributed by atoms with Crippen LogP contribution in [0.15, 0.2) is 48.5 Å². The van der Waals surface area contributed by atoms with Crippen molar-refractivity contribution in [1.82, 2.24) is 4.98 Å². The van der Waals surface area contributed by atoms with Crippen molar-refractivity contribution in [1.29, 1.82) is 0 Å². The molecular formula is C17H14N2O2S. The summed E-state index contributed by atoms with van der Waals surface area (Å²) < 4.78 is 0. The molecule has 5 heteroatoms. The van der Waals surface area contributed by atoms with Crippen LogP contribution < -0.4 is 5.73 Å². The first-order valence-corrected chi connectivity index (χ1v) is 7.53. The maximum absolute atomic E-state index is 11.5. The van der Waals surface area contributed by atoms with E-state index in [0.717, 1.165) is 11.1 Å². The van der Waals surface area contributed by atoms with Crippen molar-refractivity contribution in [3.8, 4) is 21.8 Å². The Morgan fingerprint density at radius 3 is 2.55 bits per heavy atom. The second-order valence-corrected chi connectivity index (χ2v) is 6.00. The lowest BCUT2D eigenvalue weighted by molar-refractivity contribution is 0.0702. The van der Waals surface area contributed by atoms with E-state index in [1.165, 1.54) is 11.3 Å². The van der Waals surface area contributed by atoms with Gasteiger partial charge >= 0.3 is 5.97 Å². The van der Waals surface area contributed by atoms with Crippen LogP contribution in [-0.2, 0) is 0 Å². The normalized spacial score (nSPS) is 10.6. The number of hydrogen-bond donors (Lipinski definition) is 2. The van der Waals surface area contributed by atoms with Crippen LogP contribution >= 0.6 is 11.3 Å². The van der Waals surface area contributed by atoms with Crippen molar-refractivity contribution in [2.75, 3.05) is 5.73 Å².